The molecule has 0 fully saturated rings. The van der Waals surface area contributed by atoms with E-state index < -0.39 is 0 Å². The molecule has 0 saturated carbocycles. The van der Waals surface area contributed by atoms with Crippen molar-refractivity contribution in [3.63, 3.8) is 0 Å². The number of hydrogen-bond acceptors (Lipinski definition) is 2. The molecule has 0 unspecified atom stereocenters. The maximum atomic E-state index is 4.81. The first-order valence-electron chi connectivity index (χ1n) is 1.63. The molecule has 0 aliphatic rings. The van der Waals surface area contributed by atoms with Gasteiger partial charge in [-0.25, -0.2) is 0 Å². The third-order valence-electron chi connectivity index (χ3n) is 0.249. The second-order valence-electron chi connectivity index (χ2n) is 0.638. The van der Waals surface area contributed by atoms with Crippen molar-refractivity contribution in [3.8, 4) is 0 Å². The van der Waals surface area contributed by atoms with Gasteiger partial charge in [0.05, 0.1) is 0 Å². The van der Waals surface area contributed by atoms with E-state index in [1.54, 1.807) is 13.1 Å². The molecule has 0 aromatic rings. The maximum Gasteiger partial charge on any atom is 0.108 e. The highest BCUT2D eigenvalue weighted by Gasteiger charge is 1.47. The van der Waals surface area contributed by atoms with Crippen LogP contribution in [0.15, 0.2) is 10.2 Å². The fourth-order valence-corrected chi connectivity index (χ4v) is 0.105. The SMILES string of the molecule is CC=NN=CN. The van der Waals surface area contributed by atoms with Crippen LogP contribution in [0.2, 0.25) is 0 Å². The molecular weight excluding hydrogens is 78.1 g/mol. The van der Waals surface area contributed by atoms with E-state index in [0.29, 0.717) is 0 Å². The molecule has 0 aliphatic carbocycles. The van der Waals surface area contributed by atoms with Gasteiger partial charge in [0.2, 0.25) is 0 Å². The topological polar surface area (TPSA) is 50.7 Å². The first-order chi connectivity index (χ1) is 2.91. The highest BCUT2D eigenvalue weighted by atomic mass is 15.2. The third-order valence-corrected chi connectivity index (χ3v) is 0.249. The summed E-state index contributed by atoms with van der Waals surface area (Å²) in [5.41, 5.74) is 4.81. The van der Waals surface area contributed by atoms with Gasteiger partial charge in [-0.05, 0) is 6.92 Å². The Morgan fingerprint density at radius 3 is 2.33 bits per heavy atom. The summed E-state index contributed by atoms with van der Waals surface area (Å²) >= 11 is 0. The van der Waals surface area contributed by atoms with E-state index in [0.717, 1.165) is 6.34 Å². The summed E-state index contributed by atoms with van der Waals surface area (Å²) in [4.78, 5) is 0. The molecule has 0 amide bonds. The van der Waals surface area contributed by atoms with Gasteiger partial charge >= 0.3 is 0 Å². The molecule has 0 aliphatic heterocycles. The zero-order chi connectivity index (χ0) is 4.83. The lowest BCUT2D eigenvalue weighted by atomic mass is 10.9. The summed E-state index contributed by atoms with van der Waals surface area (Å²) in [6.45, 7) is 1.77. The second kappa shape index (κ2) is 4.14. The Kier molecular flexibility index (Phi) is 3.55. The maximum absolute atomic E-state index is 4.81. The standard InChI is InChI=1S/C3H7N3/c1-2-5-6-3-4/h2-3H,1H3,(H2,4,6). The van der Waals surface area contributed by atoms with Crippen LogP contribution in [0, 0.1) is 0 Å². The summed E-state index contributed by atoms with van der Waals surface area (Å²) in [5, 5.41) is 6.72. The highest BCUT2D eigenvalue weighted by molar-refractivity contribution is 5.56. The highest BCUT2D eigenvalue weighted by Crippen LogP contribution is 1.57. The molecule has 6 heavy (non-hydrogen) atoms. The van der Waals surface area contributed by atoms with Gasteiger partial charge in [0.25, 0.3) is 0 Å². The van der Waals surface area contributed by atoms with Crippen molar-refractivity contribution in [3.05, 3.63) is 0 Å². The normalized spacial score (nSPS) is 11.5. The summed E-state index contributed by atoms with van der Waals surface area (Å²) < 4.78 is 0. The van der Waals surface area contributed by atoms with Gasteiger partial charge < -0.3 is 5.73 Å². The molecule has 34 valence electrons. The fourth-order valence-electron chi connectivity index (χ4n) is 0.105. The largest absolute Gasteiger partial charge is 0.388 e. The zero-order valence-electron chi connectivity index (χ0n) is 3.63. The minimum Gasteiger partial charge on any atom is -0.388 e. The van der Waals surface area contributed by atoms with Crippen LogP contribution in [0.5, 0.6) is 0 Å². The lowest BCUT2D eigenvalue weighted by molar-refractivity contribution is 1.25. The van der Waals surface area contributed by atoms with Gasteiger partial charge in [0.15, 0.2) is 0 Å². The number of hydrogen-bond donors (Lipinski definition) is 1. The Bertz CT molecular complexity index is 54.4. The summed E-state index contributed by atoms with van der Waals surface area (Å²) in [6.07, 6.45) is 2.70. The van der Waals surface area contributed by atoms with Crippen molar-refractivity contribution >= 4 is 12.6 Å². The van der Waals surface area contributed by atoms with Gasteiger partial charge in [-0.1, -0.05) is 0 Å². The van der Waals surface area contributed by atoms with Crippen molar-refractivity contribution in [2.24, 2.45) is 15.9 Å². The monoisotopic (exact) mass is 85.1 g/mol. The van der Waals surface area contributed by atoms with Crippen LogP contribution < -0.4 is 5.73 Å². The van der Waals surface area contributed by atoms with Crippen LogP contribution in [0.25, 0.3) is 0 Å². The van der Waals surface area contributed by atoms with Gasteiger partial charge in [0, 0.05) is 6.21 Å². The predicted octanol–water partition coefficient (Wildman–Crippen LogP) is -0.0209. The molecule has 0 atom stereocenters. The molecule has 0 saturated heterocycles. The molecular formula is C3H7N3. The van der Waals surface area contributed by atoms with Crippen molar-refractivity contribution in [2.45, 2.75) is 6.92 Å². The Labute approximate surface area is 36.6 Å². The van der Waals surface area contributed by atoms with E-state index in [-0.39, 0.29) is 0 Å². The molecule has 0 aromatic carbocycles. The first-order valence-corrected chi connectivity index (χ1v) is 1.63. The van der Waals surface area contributed by atoms with Crippen LogP contribution in [0.4, 0.5) is 0 Å². The van der Waals surface area contributed by atoms with E-state index in [2.05, 4.69) is 10.2 Å². The average molecular weight is 85.1 g/mol. The Balaban J connectivity index is 3.07. The molecule has 0 bridgehead atoms. The fraction of sp³-hybridized carbons (Fsp3) is 0.333. The smallest absolute Gasteiger partial charge is 0.108 e. The van der Waals surface area contributed by atoms with E-state index in [1.165, 1.54) is 0 Å². The van der Waals surface area contributed by atoms with Gasteiger partial charge in [-0.3, -0.25) is 0 Å². The summed E-state index contributed by atoms with van der Waals surface area (Å²) in [5.74, 6) is 0. The van der Waals surface area contributed by atoms with Crippen LogP contribution in [0.1, 0.15) is 6.92 Å². The number of nitrogens with two attached hydrogens (primary N) is 1. The number of nitrogens with zero attached hydrogens (tertiary/aromatic N) is 2. The molecule has 0 spiro atoms. The van der Waals surface area contributed by atoms with Crippen molar-refractivity contribution in [2.75, 3.05) is 0 Å². The quantitative estimate of drug-likeness (QED) is 0.271. The van der Waals surface area contributed by atoms with Crippen LogP contribution in [-0.4, -0.2) is 12.6 Å². The predicted molar refractivity (Wildman–Crippen MR) is 26.8 cm³/mol. The minimum atomic E-state index is 1.14. The van der Waals surface area contributed by atoms with Crippen LogP contribution in [-0.2, 0) is 0 Å². The molecule has 0 radical (unpaired) electrons. The molecule has 0 rings (SSSR count). The van der Waals surface area contributed by atoms with Gasteiger partial charge in [0.1, 0.15) is 6.34 Å². The van der Waals surface area contributed by atoms with Crippen molar-refractivity contribution in [1.29, 1.82) is 0 Å². The summed E-state index contributed by atoms with van der Waals surface area (Å²) in [6, 6.07) is 0. The second-order valence-corrected chi connectivity index (χ2v) is 0.638. The Morgan fingerprint density at radius 2 is 2.17 bits per heavy atom. The van der Waals surface area contributed by atoms with Gasteiger partial charge in [-0.2, -0.15) is 5.10 Å². The molecule has 2 N–H and O–H groups in total. The van der Waals surface area contributed by atoms with Crippen molar-refractivity contribution < 1.29 is 0 Å². The first kappa shape index (κ1) is 5.14. The van der Waals surface area contributed by atoms with Crippen LogP contribution >= 0.6 is 0 Å². The third kappa shape index (κ3) is 3.14. The Hall–Kier alpha value is -0.860. The lowest BCUT2D eigenvalue weighted by Gasteiger charge is -1.65. The molecule has 3 heteroatoms. The van der Waals surface area contributed by atoms with Gasteiger partial charge in [-0.15, -0.1) is 5.10 Å². The lowest BCUT2D eigenvalue weighted by Crippen LogP contribution is -1.85. The minimum absolute atomic E-state index is 1.14. The van der Waals surface area contributed by atoms with E-state index in [4.69, 9.17) is 5.73 Å². The molecule has 3 nitrogen and oxygen atoms in total. The van der Waals surface area contributed by atoms with Crippen LogP contribution in [0.3, 0.4) is 0 Å². The average Bonchev–Trinajstić information content (AvgIpc) is 1.61. The van der Waals surface area contributed by atoms with E-state index in [9.17, 15) is 0 Å². The van der Waals surface area contributed by atoms with E-state index in [1.807, 2.05) is 0 Å². The Morgan fingerprint density at radius 1 is 1.50 bits per heavy atom. The molecule has 0 aromatic heterocycles. The van der Waals surface area contributed by atoms with Crippen molar-refractivity contribution in [1.82, 2.24) is 0 Å². The van der Waals surface area contributed by atoms with E-state index >= 15 is 0 Å². The summed E-state index contributed by atoms with van der Waals surface area (Å²) in [7, 11) is 0. The number of rotatable bonds is 1. The zero-order valence-corrected chi connectivity index (χ0v) is 3.63. The molecule has 0 heterocycles.